The third-order valence-corrected chi connectivity index (χ3v) is 6.45. The molecule has 1 aliphatic heterocycles. The largest absolute Gasteiger partial charge is 0.444 e. The van der Waals surface area contributed by atoms with Gasteiger partial charge in [-0.2, -0.15) is 5.10 Å². The van der Waals surface area contributed by atoms with E-state index >= 15 is 0 Å². The summed E-state index contributed by atoms with van der Waals surface area (Å²) in [5, 5.41) is 8.28. The minimum atomic E-state index is -0.536. The molecular weight excluding hydrogens is 476 g/mol. The Bertz CT molecular complexity index is 1180. The van der Waals surface area contributed by atoms with Gasteiger partial charge in [-0.15, -0.1) is 0 Å². The lowest BCUT2D eigenvalue weighted by atomic mass is 9.91. The molecule has 1 saturated heterocycles. The maximum absolute atomic E-state index is 13.3. The standard InChI is InChI=1S/C28H33ClN4O3/c1-28(2,3)36-27(35)32-17-14-21(15-18-32)25-24(19-31-33(25)23-11-9-22(29)10-12-23)26(34)30-16-13-20-7-5-4-6-8-20/h4-12,19,21H,13-18H2,1-3H3,(H,30,34). The van der Waals surface area contributed by atoms with Gasteiger partial charge in [0.05, 0.1) is 23.1 Å². The Kier molecular flexibility index (Phi) is 7.99. The van der Waals surface area contributed by atoms with Gasteiger partial charge < -0.3 is 15.0 Å². The summed E-state index contributed by atoms with van der Waals surface area (Å²) in [4.78, 5) is 27.5. The molecule has 0 radical (unpaired) electrons. The van der Waals surface area contributed by atoms with Crippen LogP contribution in [0.4, 0.5) is 4.79 Å². The Labute approximate surface area is 217 Å². The highest BCUT2D eigenvalue weighted by Gasteiger charge is 2.32. The summed E-state index contributed by atoms with van der Waals surface area (Å²) in [6, 6.07) is 17.5. The summed E-state index contributed by atoms with van der Waals surface area (Å²) in [7, 11) is 0. The van der Waals surface area contributed by atoms with Crippen LogP contribution < -0.4 is 5.32 Å². The number of nitrogens with one attached hydrogen (secondary N) is 1. The van der Waals surface area contributed by atoms with E-state index in [-0.39, 0.29) is 17.9 Å². The molecule has 2 amide bonds. The monoisotopic (exact) mass is 508 g/mol. The zero-order chi connectivity index (χ0) is 25.7. The molecule has 2 aromatic carbocycles. The molecule has 3 aromatic rings. The van der Waals surface area contributed by atoms with Gasteiger partial charge in [0.1, 0.15) is 5.60 Å². The van der Waals surface area contributed by atoms with E-state index in [1.807, 2.05) is 67.9 Å². The molecule has 190 valence electrons. The maximum Gasteiger partial charge on any atom is 0.410 e. The van der Waals surface area contributed by atoms with Gasteiger partial charge in [0.15, 0.2) is 0 Å². The fourth-order valence-electron chi connectivity index (χ4n) is 4.44. The number of ether oxygens (including phenoxy) is 1. The van der Waals surface area contributed by atoms with Crippen LogP contribution in [-0.4, -0.2) is 51.9 Å². The second kappa shape index (κ2) is 11.2. The first kappa shape index (κ1) is 25.8. The smallest absolute Gasteiger partial charge is 0.410 e. The molecule has 0 bridgehead atoms. The predicted molar refractivity (Wildman–Crippen MR) is 141 cm³/mol. The average molecular weight is 509 g/mol. The number of piperidine rings is 1. The second-order valence-corrected chi connectivity index (χ2v) is 10.5. The number of rotatable bonds is 6. The van der Waals surface area contributed by atoms with Gasteiger partial charge in [0.2, 0.25) is 0 Å². The van der Waals surface area contributed by atoms with Crippen molar-refractivity contribution in [3.05, 3.63) is 82.6 Å². The molecule has 0 saturated carbocycles. The van der Waals surface area contributed by atoms with Crippen molar-refractivity contribution in [3.8, 4) is 5.69 Å². The number of aromatic nitrogens is 2. The van der Waals surface area contributed by atoms with E-state index in [4.69, 9.17) is 16.3 Å². The van der Waals surface area contributed by atoms with Gasteiger partial charge in [-0.25, -0.2) is 9.48 Å². The van der Waals surface area contributed by atoms with Crippen molar-refractivity contribution in [1.29, 1.82) is 0 Å². The van der Waals surface area contributed by atoms with Crippen LogP contribution in [0.1, 0.15) is 61.1 Å². The summed E-state index contributed by atoms with van der Waals surface area (Å²) in [6.45, 7) is 7.24. The highest BCUT2D eigenvalue weighted by atomic mass is 35.5. The lowest BCUT2D eigenvalue weighted by molar-refractivity contribution is 0.0203. The molecule has 0 spiro atoms. The molecule has 1 aliphatic rings. The normalized spacial score (nSPS) is 14.5. The third kappa shape index (κ3) is 6.46. The summed E-state index contributed by atoms with van der Waals surface area (Å²) in [5.41, 5.74) is 2.90. The Morgan fingerprint density at radius 2 is 1.72 bits per heavy atom. The molecule has 1 aromatic heterocycles. The average Bonchev–Trinajstić information content (AvgIpc) is 3.29. The maximum atomic E-state index is 13.3. The molecule has 2 heterocycles. The molecule has 1 fully saturated rings. The number of hydrogen-bond donors (Lipinski definition) is 1. The van der Waals surface area contributed by atoms with E-state index in [1.165, 1.54) is 5.56 Å². The van der Waals surface area contributed by atoms with E-state index < -0.39 is 5.60 Å². The molecule has 0 unspecified atom stereocenters. The molecule has 0 aliphatic carbocycles. The molecule has 36 heavy (non-hydrogen) atoms. The molecule has 4 rings (SSSR count). The van der Waals surface area contributed by atoms with E-state index in [0.717, 1.165) is 17.8 Å². The van der Waals surface area contributed by atoms with Crippen LogP contribution >= 0.6 is 11.6 Å². The van der Waals surface area contributed by atoms with Crippen LogP contribution in [0, 0.1) is 0 Å². The summed E-state index contributed by atoms with van der Waals surface area (Å²) in [5.74, 6) is -0.0764. The zero-order valence-corrected chi connectivity index (χ0v) is 21.8. The van der Waals surface area contributed by atoms with Crippen LogP contribution in [0.25, 0.3) is 5.69 Å². The minimum absolute atomic E-state index is 0.0664. The van der Waals surface area contributed by atoms with E-state index in [2.05, 4.69) is 22.5 Å². The topological polar surface area (TPSA) is 76.5 Å². The number of carbonyl (C=O) groups is 2. The molecule has 7 nitrogen and oxygen atoms in total. The highest BCUT2D eigenvalue weighted by molar-refractivity contribution is 6.30. The van der Waals surface area contributed by atoms with Gasteiger partial charge in [-0.05, 0) is 69.9 Å². The predicted octanol–water partition coefficient (Wildman–Crippen LogP) is 5.61. The van der Waals surface area contributed by atoms with Crippen molar-refractivity contribution < 1.29 is 14.3 Å². The number of halogens is 1. The van der Waals surface area contributed by atoms with Crippen molar-refractivity contribution in [2.75, 3.05) is 19.6 Å². The fourth-order valence-corrected chi connectivity index (χ4v) is 4.56. The van der Waals surface area contributed by atoms with Gasteiger partial charge in [-0.3, -0.25) is 4.79 Å². The third-order valence-electron chi connectivity index (χ3n) is 6.20. The van der Waals surface area contributed by atoms with Crippen molar-refractivity contribution in [2.45, 2.75) is 51.6 Å². The van der Waals surface area contributed by atoms with Crippen molar-refractivity contribution >= 4 is 23.6 Å². The van der Waals surface area contributed by atoms with E-state index in [0.29, 0.717) is 43.1 Å². The van der Waals surface area contributed by atoms with Crippen LogP contribution in [0.2, 0.25) is 5.02 Å². The zero-order valence-electron chi connectivity index (χ0n) is 21.0. The quantitative estimate of drug-likeness (QED) is 0.469. The number of amides is 2. The molecule has 1 N–H and O–H groups in total. The minimum Gasteiger partial charge on any atom is -0.444 e. The Balaban J connectivity index is 1.52. The summed E-state index contributed by atoms with van der Waals surface area (Å²) >= 11 is 6.10. The lowest BCUT2D eigenvalue weighted by Gasteiger charge is -2.34. The van der Waals surface area contributed by atoms with Gasteiger partial charge in [-0.1, -0.05) is 41.9 Å². The van der Waals surface area contributed by atoms with Crippen LogP contribution in [0.15, 0.2) is 60.8 Å². The van der Waals surface area contributed by atoms with Crippen molar-refractivity contribution in [1.82, 2.24) is 20.0 Å². The van der Waals surface area contributed by atoms with E-state index in [9.17, 15) is 9.59 Å². The number of likely N-dealkylation sites (tertiary alicyclic amines) is 1. The molecule has 8 heteroatoms. The van der Waals surface area contributed by atoms with Crippen molar-refractivity contribution in [3.63, 3.8) is 0 Å². The first-order valence-corrected chi connectivity index (χ1v) is 12.7. The lowest BCUT2D eigenvalue weighted by Crippen LogP contribution is -2.41. The van der Waals surface area contributed by atoms with Gasteiger partial charge >= 0.3 is 6.09 Å². The second-order valence-electron chi connectivity index (χ2n) is 10.1. The van der Waals surface area contributed by atoms with E-state index in [1.54, 1.807) is 11.1 Å². The van der Waals surface area contributed by atoms with Crippen LogP contribution in [0.5, 0.6) is 0 Å². The fraction of sp³-hybridized carbons (Fsp3) is 0.393. The SMILES string of the molecule is CC(C)(C)OC(=O)N1CCC(c2c(C(=O)NCCc3ccccc3)cnn2-c2ccc(Cl)cc2)CC1. The first-order valence-electron chi connectivity index (χ1n) is 12.3. The molecule has 0 atom stereocenters. The van der Waals surface area contributed by atoms with Crippen LogP contribution in [-0.2, 0) is 11.2 Å². The summed E-state index contributed by atoms with van der Waals surface area (Å²) in [6.07, 6.45) is 3.51. The number of nitrogens with zero attached hydrogens (tertiary/aromatic N) is 3. The Morgan fingerprint density at radius 1 is 1.06 bits per heavy atom. The number of hydrogen-bond acceptors (Lipinski definition) is 4. The highest BCUT2D eigenvalue weighted by Crippen LogP contribution is 2.33. The first-order chi connectivity index (χ1) is 17.2. The Hall–Kier alpha value is -3.32. The number of carbonyl (C=O) groups excluding carboxylic acids is 2. The van der Waals surface area contributed by atoms with Gasteiger partial charge in [0, 0.05) is 30.6 Å². The summed E-state index contributed by atoms with van der Waals surface area (Å²) < 4.78 is 7.37. The number of benzene rings is 2. The molecular formula is C28H33ClN4O3. The Morgan fingerprint density at radius 3 is 2.36 bits per heavy atom. The van der Waals surface area contributed by atoms with Gasteiger partial charge in [0.25, 0.3) is 5.91 Å². The van der Waals surface area contributed by atoms with Crippen LogP contribution in [0.3, 0.4) is 0 Å². The van der Waals surface area contributed by atoms with Crippen molar-refractivity contribution in [2.24, 2.45) is 0 Å².